The van der Waals surface area contributed by atoms with E-state index in [9.17, 15) is 9.59 Å². The lowest BCUT2D eigenvalue weighted by Crippen LogP contribution is -2.25. The van der Waals surface area contributed by atoms with E-state index in [1.807, 2.05) is 0 Å². The lowest BCUT2D eigenvalue weighted by atomic mass is 10.2. The first-order valence-corrected chi connectivity index (χ1v) is 7.11. The van der Waals surface area contributed by atoms with Crippen molar-refractivity contribution in [1.82, 2.24) is 0 Å². The Kier molecular flexibility index (Phi) is 3.92. The van der Waals surface area contributed by atoms with Crippen molar-refractivity contribution < 1.29 is 14.3 Å². The van der Waals surface area contributed by atoms with Crippen molar-refractivity contribution in [2.75, 3.05) is 17.2 Å². The fraction of sp³-hybridized carbons (Fsp3) is 0.0667. The Morgan fingerprint density at radius 1 is 1.14 bits per heavy atom. The van der Waals surface area contributed by atoms with Crippen LogP contribution in [0.2, 0.25) is 10.0 Å². The standard InChI is InChI=1S/C15H10Cl2N2O3/c16-9-3-8(4-10(17)5-9)15(21)18-11-1-2-12-13(6-11)22-7-14(20)19-12/h1-6H,7H2,(H,18,21)(H,19,20). The van der Waals surface area contributed by atoms with E-state index in [0.717, 1.165) is 0 Å². The van der Waals surface area contributed by atoms with Crippen molar-refractivity contribution in [3.8, 4) is 5.75 Å². The molecule has 2 aromatic carbocycles. The highest BCUT2D eigenvalue weighted by atomic mass is 35.5. The topological polar surface area (TPSA) is 67.4 Å². The second-order valence-corrected chi connectivity index (χ2v) is 5.53. The summed E-state index contributed by atoms with van der Waals surface area (Å²) in [6.45, 7) is -0.0473. The summed E-state index contributed by atoms with van der Waals surface area (Å²) >= 11 is 11.8. The summed E-state index contributed by atoms with van der Waals surface area (Å²) in [4.78, 5) is 23.4. The highest BCUT2D eigenvalue weighted by molar-refractivity contribution is 6.35. The number of carbonyl (C=O) groups excluding carboxylic acids is 2. The largest absolute Gasteiger partial charge is 0.482 e. The van der Waals surface area contributed by atoms with Crippen LogP contribution in [0, 0.1) is 0 Å². The molecule has 0 spiro atoms. The number of fused-ring (bicyclic) bond motifs is 1. The molecule has 2 amide bonds. The van der Waals surface area contributed by atoms with Gasteiger partial charge in [0.2, 0.25) is 0 Å². The maximum absolute atomic E-state index is 12.2. The van der Waals surface area contributed by atoms with Crippen molar-refractivity contribution >= 4 is 46.4 Å². The first kappa shape index (κ1) is 14.7. The number of ether oxygens (including phenoxy) is 1. The number of hydrogen-bond donors (Lipinski definition) is 2. The molecule has 0 saturated carbocycles. The van der Waals surface area contributed by atoms with E-state index in [2.05, 4.69) is 10.6 Å². The number of rotatable bonds is 2. The van der Waals surface area contributed by atoms with Gasteiger partial charge >= 0.3 is 0 Å². The van der Waals surface area contributed by atoms with E-state index in [1.165, 1.54) is 12.1 Å². The van der Waals surface area contributed by atoms with E-state index in [-0.39, 0.29) is 18.4 Å². The summed E-state index contributed by atoms with van der Waals surface area (Å²) in [5.74, 6) is -0.0522. The Bertz CT molecular complexity index is 757. The highest BCUT2D eigenvalue weighted by Crippen LogP contribution is 2.30. The number of amides is 2. The van der Waals surface area contributed by atoms with Crippen molar-refractivity contribution in [2.24, 2.45) is 0 Å². The predicted octanol–water partition coefficient (Wildman–Crippen LogP) is 3.58. The molecular formula is C15H10Cl2N2O3. The Balaban J connectivity index is 1.81. The fourth-order valence-electron chi connectivity index (χ4n) is 2.04. The molecule has 5 nitrogen and oxygen atoms in total. The fourth-order valence-corrected chi connectivity index (χ4v) is 2.57. The van der Waals surface area contributed by atoms with E-state index in [4.69, 9.17) is 27.9 Å². The Labute approximate surface area is 136 Å². The number of nitrogens with one attached hydrogen (secondary N) is 2. The third kappa shape index (κ3) is 3.16. The minimum absolute atomic E-state index is 0.0473. The number of hydrogen-bond acceptors (Lipinski definition) is 3. The SMILES string of the molecule is O=C1COc2cc(NC(=O)c3cc(Cl)cc(Cl)c3)ccc2N1. The molecule has 0 fully saturated rings. The van der Waals surface area contributed by atoms with Gasteiger partial charge < -0.3 is 15.4 Å². The summed E-state index contributed by atoms with van der Waals surface area (Å²) in [7, 11) is 0. The number of benzene rings is 2. The van der Waals surface area contributed by atoms with Gasteiger partial charge in [-0.2, -0.15) is 0 Å². The van der Waals surface area contributed by atoms with Gasteiger partial charge in [0.25, 0.3) is 11.8 Å². The first-order valence-electron chi connectivity index (χ1n) is 6.35. The van der Waals surface area contributed by atoms with Crippen LogP contribution in [-0.4, -0.2) is 18.4 Å². The number of anilines is 2. The van der Waals surface area contributed by atoms with Crippen LogP contribution in [0.3, 0.4) is 0 Å². The summed E-state index contributed by atoms with van der Waals surface area (Å²) in [5.41, 5.74) is 1.46. The zero-order valence-corrected chi connectivity index (χ0v) is 12.7. The van der Waals surface area contributed by atoms with Crippen LogP contribution in [0.4, 0.5) is 11.4 Å². The first-order chi connectivity index (χ1) is 10.5. The third-order valence-corrected chi connectivity index (χ3v) is 3.43. The third-order valence-electron chi connectivity index (χ3n) is 3.00. The summed E-state index contributed by atoms with van der Waals surface area (Å²) in [6, 6.07) is 9.56. The molecule has 0 bridgehead atoms. The number of halogens is 2. The van der Waals surface area contributed by atoms with Gasteiger partial charge in [-0.05, 0) is 30.3 Å². The molecule has 0 radical (unpaired) electrons. The molecule has 0 aliphatic carbocycles. The van der Waals surface area contributed by atoms with Gasteiger partial charge in [0.1, 0.15) is 5.75 Å². The van der Waals surface area contributed by atoms with Gasteiger partial charge in [0.05, 0.1) is 5.69 Å². The molecule has 0 saturated heterocycles. The quantitative estimate of drug-likeness (QED) is 0.880. The molecule has 0 aromatic heterocycles. The van der Waals surface area contributed by atoms with Gasteiger partial charge in [0, 0.05) is 27.4 Å². The van der Waals surface area contributed by atoms with Crippen molar-refractivity contribution in [3.05, 3.63) is 52.0 Å². The lowest BCUT2D eigenvalue weighted by molar-refractivity contribution is -0.118. The molecule has 7 heteroatoms. The monoisotopic (exact) mass is 336 g/mol. The zero-order chi connectivity index (χ0) is 15.7. The Hall–Kier alpha value is -2.24. The summed E-state index contributed by atoms with van der Waals surface area (Å²) in [6.07, 6.45) is 0. The van der Waals surface area contributed by atoms with E-state index < -0.39 is 0 Å². The van der Waals surface area contributed by atoms with Crippen LogP contribution in [0.1, 0.15) is 10.4 Å². The molecule has 0 unspecified atom stereocenters. The predicted molar refractivity (Wildman–Crippen MR) is 85.0 cm³/mol. The molecule has 3 rings (SSSR count). The molecular weight excluding hydrogens is 327 g/mol. The van der Waals surface area contributed by atoms with Gasteiger partial charge in [-0.25, -0.2) is 0 Å². The minimum Gasteiger partial charge on any atom is -0.482 e. The van der Waals surface area contributed by atoms with Crippen molar-refractivity contribution in [1.29, 1.82) is 0 Å². The summed E-state index contributed by atoms with van der Waals surface area (Å²) < 4.78 is 5.30. The van der Waals surface area contributed by atoms with E-state index >= 15 is 0 Å². The second kappa shape index (κ2) is 5.87. The second-order valence-electron chi connectivity index (χ2n) is 4.66. The lowest BCUT2D eigenvalue weighted by Gasteiger charge is -2.18. The van der Waals surface area contributed by atoms with Crippen LogP contribution in [-0.2, 0) is 4.79 Å². The van der Waals surface area contributed by atoms with E-state index in [1.54, 1.807) is 24.3 Å². The maximum Gasteiger partial charge on any atom is 0.262 e. The van der Waals surface area contributed by atoms with Crippen LogP contribution in [0.25, 0.3) is 0 Å². The average Bonchev–Trinajstić information content (AvgIpc) is 2.46. The molecule has 1 heterocycles. The normalized spacial score (nSPS) is 12.9. The Morgan fingerprint density at radius 2 is 1.86 bits per heavy atom. The maximum atomic E-state index is 12.2. The van der Waals surface area contributed by atoms with Crippen LogP contribution in [0.15, 0.2) is 36.4 Å². The molecule has 2 N–H and O–H groups in total. The van der Waals surface area contributed by atoms with Crippen LogP contribution >= 0.6 is 23.2 Å². The van der Waals surface area contributed by atoms with Gasteiger partial charge in [-0.1, -0.05) is 23.2 Å². The van der Waals surface area contributed by atoms with Crippen molar-refractivity contribution in [2.45, 2.75) is 0 Å². The average molecular weight is 337 g/mol. The Morgan fingerprint density at radius 3 is 2.59 bits per heavy atom. The number of carbonyl (C=O) groups is 2. The van der Waals surface area contributed by atoms with Gasteiger partial charge in [0.15, 0.2) is 6.61 Å². The minimum atomic E-state index is -0.343. The molecule has 1 aliphatic rings. The molecule has 2 aromatic rings. The molecule has 112 valence electrons. The van der Waals surface area contributed by atoms with Gasteiger partial charge in [-0.3, -0.25) is 9.59 Å². The highest BCUT2D eigenvalue weighted by Gasteiger charge is 2.17. The summed E-state index contributed by atoms with van der Waals surface area (Å²) in [5, 5.41) is 6.17. The van der Waals surface area contributed by atoms with Crippen LogP contribution < -0.4 is 15.4 Å². The smallest absolute Gasteiger partial charge is 0.262 e. The molecule has 22 heavy (non-hydrogen) atoms. The van der Waals surface area contributed by atoms with Crippen molar-refractivity contribution in [3.63, 3.8) is 0 Å². The zero-order valence-electron chi connectivity index (χ0n) is 11.2. The molecule has 1 aliphatic heterocycles. The molecule has 0 atom stereocenters. The van der Waals surface area contributed by atoms with Gasteiger partial charge in [-0.15, -0.1) is 0 Å². The van der Waals surface area contributed by atoms with E-state index in [0.29, 0.717) is 32.7 Å². The van der Waals surface area contributed by atoms with Crippen LogP contribution in [0.5, 0.6) is 5.75 Å².